The normalized spacial score (nSPS) is 10.3. The minimum Gasteiger partial charge on any atom is -0.397 e. The van der Waals surface area contributed by atoms with E-state index in [2.05, 4.69) is 25.2 Å². The first-order valence-corrected chi connectivity index (χ1v) is 6.68. The lowest BCUT2D eigenvalue weighted by Gasteiger charge is -2.10. The summed E-state index contributed by atoms with van der Waals surface area (Å²) in [5.74, 6) is -0.0504. The zero-order valence-electron chi connectivity index (χ0n) is 12.2. The summed E-state index contributed by atoms with van der Waals surface area (Å²) in [6.07, 6.45) is 0.356. The van der Waals surface area contributed by atoms with Gasteiger partial charge in [-0.3, -0.25) is 4.79 Å². The average Bonchev–Trinajstić information content (AvgIpc) is 2.38. The van der Waals surface area contributed by atoms with Gasteiger partial charge in [0.25, 0.3) is 0 Å². The molecular weight excluding hydrogens is 248 g/mol. The highest BCUT2D eigenvalue weighted by Crippen LogP contribution is 2.20. The van der Waals surface area contributed by atoms with E-state index in [-0.39, 0.29) is 5.91 Å². The van der Waals surface area contributed by atoms with Gasteiger partial charge in [0.2, 0.25) is 5.91 Å². The number of hydrogen-bond acceptors (Lipinski definition) is 2. The second kappa shape index (κ2) is 5.78. The molecule has 2 rings (SSSR count). The molecular formula is C17H20N2O. The van der Waals surface area contributed by atoms with E-state index in [0.29, 0.717) is 17.8 Å². The number of aryl methyl sites for hydroxylation is 3. The number of hydrogen-bond donors (Lipinski definition) is 2. The lowest BCUT2D eigenvalue weighted by Crippen LogP contribution is -2.15. The summed E-state index contributed by atoms with van der Waals surface area (Å²) < 4.78 is 0. The van der Waals surface area contributed by atoms with E-state index in [4.69, 9.17) is 5.73 Å². The predicted molar refractivity (Wildman–Crippen MR) is 83.8 cm³/mol. The summed E-state index contributed by atoms with van der Waals surface area (Å²) in [5.41, 5.74) is 11.6. The molecule has 0 saturated carbocycles. The van der Waals surface area contributed by atoms with Crippen LogP contribution in [0.25, 0.3) is 0 Å². The smallest absolute Gasteiger partial charge is 0.228 e. The van der Waals surface area contributed by atoms with Crippen LogP contribution in [0.1, 0.15) is 22.3 Å². The van der Waals surface area contributed by atoms with Crippen molar-refractivity contribution in [1.29, 1.82) is 0 Å². The number of rotatable bonds is 3. The number of anilines is 2. The third kappa shape index (κ3) is 3.38. The van der Waals surface area contributed by atoms with Gasteiger partial charge < -0.3 is 11.1 Å². The molecule has 0 atom stereocenters. The summed E-state index contributed by atoms with van der Waals surface area (Å²) in [6, 6.07) is 11.7. The van der Waals surface area contributed by atoms with Crippen LogP contribution in [0.15, 0.2) is 36.4 Å². The summed E-state index contributed by atoms with van der Waals surface area (Å²) in [7, 11) is 0. The SMILES string of the molecule is Cc1ccc(N)c(NC(=O)Cc2ccc(C)c(C)c2)c1. The van der Waals surface area contributed by atoms with E-state index in [1.807, 2.05) is 31.2 Å². The third-order valence-corrected chi connectivity index (χ3v) is 3.42. The molecule has 0 fully saturated rings. The lowest BCUT2D eigenvalue weighted by molar-refractivity contribution is -0.115. The second-order valence-electron chi connectivity index (χ2n) is 5.23. The van der Waals surface area contributed by atoms with Gasteiger partial charge in [0.15, 0.2) is 0 Å². The van der Waals surface area contributed by atoms with Gasteiger partial charge in [-0.2, -0.15) is 0 Å². The molecule has 0 radical (unpaired) electrons. The molecule has 2 aromatic rings. The Morgan fingerprint density at radius 2 is 1.80 bits per heavy atom. The van der Waals surface area contributed by atoms with E-state index in [1.54, 1.807) is 6.07 Å². The van der Waals surface area contributed by atoms with E-state index < -0.39 is 0 Å². The number of benzene rings is 2. The average molecular weight is 268 g/mol. The van der Waals surface area contributed by atoms with Gasteiger partial charge in [0, 0.05) is 0 Å². The molecule has 0 bridgehead atoms. The van der Waals surface area contributed by atoms with Crippen LogP contribution < -0.4 is 11.1 Å². The predicted octanol–water partition coefficient (Wildman–Crippen LogP) is 3.38. The minimum absolute atomic E-state index is 0.0504. The molecule has 20 heavy (non-hydrogen) atoms. The van der Waals surface area contributed by atoms with Gasteiger partial charge in [-0.05, 0) is 55.2 Å². The Labute approximate surface area is 119 Å². The zero-order valence-corrected chi connectivity index (χ0v) is 12.2. The number of nitrogens with one attached hydrogen (secondary N) is 1. The summed E-state index contributed by atoms with van der Waals surface area (Å²) in [6.45, 7) is 6.08. The Morgan fingerprint density at radius 3 is 2.50 bits per heavy atom. The quantitative estimate of drug-likeness (QED) is 0.838. The first-order valence-electron chi connectivity index (χ1n) is 6.68. The number of nitrogens with two attached hydrogens (primary N) is 1. The fraction of sp³-hybridized carbons (Fsp3) is 0.235. The zero-order chi connectivity index (χ0) is 14.7. The molecule has 0 saturated heterocycles. The van der Waals surface area contributed by atoms with Gasteiger partial charge >= 0.3 is 0 Å². The van der Waals surface area contributed by atoms with Crippen LogP contribution in [-0.4, -0.2) is 5.91 Å². The van der Waals surface area contributed by atoms with Crippen LogP contribution in [0.2, 0.25) is 0 Å². The van der Waals surface area contributed by atoms with Gasteiger partial charge in [0.05, 0.1) is 17.8 Å². The van der Waals surface area contributed by atoms with Crippen molar-refractivity contribution in [1.82, 2.24) is 0 Å². The Hall–Kier alpha value is -2.29. The highest BCUT2D eigenvalue weighted by molar-refractivity contribution is 5.95. The number of carbonyl (C=O) groups excluding carboxylic acids is 1. The first-order chi connectivity index (χ1) is 9.45. The molecule has 3 heteroatoms. The Kier molecular flexibility index (Phi) is 4.08. The van der Waals surface area contributed by atoms with Crippen LogP contribution in [0.4, 0.5) is 11.4 Å². The van der Waals surface area contributed by atoms with Gasteiger partial charge in [0.1, 0.15) is 0 Å². The largest absolute Gasteiger partial charge is 0.397 e. The molecule has 1 amide bonds. The molecule has 0 unspecified atom stereocenters. The maximum Gasteiger partial charge on any atom is 0.228 e. The molecule has 0 aliphatic carbocycles. The fourth-order valence-corrected chi connectivity index (χ4v) is 2.07. The Morgan fingerprint density at radius 1 is 1.05 bits per heavy atom. The molecule has 0 spiro atoms. The lowest BCUT2D eigenvalue weighted by atomic mass is 10.0. The van der Waals surface area contributed by atoms with Crippen LogP contribution in [0.5, 0.6) is 0 Å². The van der Waals surface area contributed by atoms with Crippen LogP contribution in [0, 0.1) is 20.8 Å². The van der Waals surface area contributed by atoms with Crippen molar-refractivity contribution < 1.29 is 4.79 Å². The maximum atomic E-state index is 12.1. The minimum atomic E-state index is -0.0504. The topological polar surface area (TPSA) is 55.1 Å². The fourth-order valence-electron chi connectivity index (χ4n) is 2.07. The Balaban J connectivity index is 2.09. The van der Waals surface area contributed by atoms with Crippen molar-refractivity contribution in [2.75, 3.05) is 11.1 Å². The van der Waals surface area contributed by atoms with E-state index in [1.165, 1.54) is 11.1 Å². The van der Waals surface area contributed by atoms with Crippen molar-refractivity contribution in [3.63, 3.8) is 0 Å². The third-order valence-electron chi connectivity index (χ3n) is 3.42. The number of amides is 1. The van der Waals surface area contributed by atoms with Crippen molar-refractivity contribution in [2.45, 2.75) is 27.2 Å². The van der Waals surface area contributed by atoms with E-state index in [9.17, 15) is 4.79 Å². The molecule has 0 aromatic heterocycles. The summed E-state index contributed by atoms with van der Waals surface area (Å²) in [5, 5.41) is 2.87. The van der Waals surface area contributed by atoms with Crippen molar-refractivity contribution in [3.8, 4) is 0 Å². The monoisotopic (exact) mass is 268 g/mol. The molecule has 3 nitrogen and oxygen atoms in total. The highest BCUT2D eigenvalue weighted by Gasteiger charge is 2.07. The molecule has 3 N–H and O–H groups in total. The van der Waals surface area contributed by atoms with Crippen molar-refractivity contribution >= 4 is 17.3 Å². The first kappa shape index (κ1) is 14.1. The highest BCUT2D eigenvalue weighted by atomic mass is 16.1. The standard InChI is InChI=1S/C17H20N2O/c1-11-4-7-15(18)16(8-11)19-17(20)10-14-6-5-12(2)13(3)9-14/h4-9H,10,18H2,1-3H3,(H,19,20). The van der Waals surface area contributed by atoms with E-state index >= 15 is 0 Å². The van der Waals surface area contributed by atoms with Crippen molar-refractivity contribution in [3.05, 3.63) is 58.7 Å². The van der Waals surface area contributed by atoms with Gasteiger partial charge in [-0.15, -0.1) is 0 Å². The van der Waals surface area contributed by atoms with Crippen molar-refractivity contribution in [2.24, 2.45) is 0 Å². The van der Waals surface area contributed by atoms with Crippen LogP contribution in [-0.2, 0) is 11.2 Å². The molecule has 0 heterocycles. The van der Waals surface area contributed by atoms with Crippen LogP contribution in [0.3, 0.4) is 0 Å². The maximum absolute atomic E-state index is 12.1. The number of carbonyl (C=O) groups is 1. The summed E-state index contributed by atoms with van der Waals surface area (Å²) in [4.78, 5) is 12.1. The van der Waals surface area contributed by atoms with E-state index in [0.717, 1.165) is 11.1 Å². The number of nitrogen functional groups attached to an aromatic ring is 1. The molecule has 104 valence electrons. The molecule has 0 aliphatic rings. The Bertz CT molecular complexity index is 647. The molecule has 2 aromatic carbocycles. The van der Waals surface area contributed by atoms with Gasteiger partial charge in [-0.1, -0.05) is 24.3 Å². The van der Waals surface area contributed by atoms with Crippen LogP contribution >= 0.6 is 0 Å². The summed E-state index contributed by atoms with van der Waals surface area (Å²) >= 11 is 0. The molecule has 0 aliphatic heterocycles. The second-order valence-corrected chi connectivity index (χ2v) is 5.23. The van der Waals surface area contributed by atoms with Gasteiger partial charge in [-0.25, -0.2) is 0 Å².